The monoisotopic (exact) mass is 327 g/mol. The van der Waals surface area contributed by atoms with Gasteiger partial charge in [0, 0.05) is 24.7 Å². The van der Waals surface area contributed by atoms with Gasteiger partial charge in [-0.25, -0.2) is 13.1 Å². The van der Waals surface area contributed by atoms with E-state index < -0.39 is 10.0 Å². The van der Waals surface area contributed by atoms with E-state index in [0.717, 1.165) is 0 Å². The van der Waals surface area contributed by atoms with Crippen LogP contribution in [0.4, 0.5) is 0 Å². The minimum Gasteiger partial charge on any atom is -0.384 e. The van der Waals surface area contributed by atoms with Crippen molar-refractivity contribution < 1.29 is 13.2 Å². The van der Waals surface area contributed by atoms with Crippen molar-refractivity contribution in [3.8, 4) is 0 Å². The molecule has 0 aliphatic rings. The smallest absolute Gasteiger partial charge is 0.251 e. The van der Waals surface area contributed by atoms with Crippen LogP contribution >= 0.6 is 27.3 Å². The summed E-state index contributed by atoms with van der Waals surface area (Å²) in [4.78, 5) is 0. The van der Waals surface area contributed by atoms with Crippen LogP contribution in [0.2, 0.25) is 0 Å². The van der Waals surface area contributed by atoms with Crippen molar-refractivity contribution in [2.45, 2.75) is 11.1 Å². The van der Waals surface area contributed by atoms with Crippen molar-refractivity contribution in [2.24, 2.45) is 5.92 Å². The quantitative estimate of drug-likeness (QED) is 0.870. The second kappa shape index (κ2) is 6.11. The molecule has 0 aliphatic heterocycles. The highest BCUT2D eigenvalue weighted by molar-refractivity contribution is 9.10. The summed E-state index contributed by atoms with van der Waals surface area (Å²) in [6, 6.07) is 1.72. The lowest BCUT2D eigenvalue weighted by Gasteiger charge is -2.11. The van der Waals surface area contributed by atoms with Crippen molar-refractivity contribution in [1.82, 2.24) is 4.72 Å². The van der Waals surface area contributed by atoms with Crippen molar-refractivity contribution in [1.29, 1.82) is 0 Å². The SMILES string of the molecule is COCC(C)CNS(=O)(=O)c1sccc1Br. The van der Waals surface area contributed by atoms with E-state index in [1.165, 1.54) is 11.3 Å². The fourth-order valence-electron chi connectivity index (χ4n) is 1.13. The molecular formula is C9H14BrNO3S2. The van der Waals surface area contributed by atoms with E-state index in [1.54, 1.807) is 18.6 Å². The highest BCUT2D eigenvalue weighted by Gasteiger charge is 2.19. The van der Waals surface area contributed by atoms with Crippen LogP contribution in [0.1, 0.15) is 6.92 Å². The first-order valence-electron chi connectivity index (χ1n) is 4.69. The van der Waals surface area contributed by atoms with Crippen molar-refractivity contribution in [2.75, 3.05) is 20.3 Å². The van der Waals surface area contributed by atoms with Gasteiger partial charge in [0.15, 0.2) is 0 Å². The third-order valence-electron chi connectivity index (χ3n) is 1.90. The lowest BCUT2D eigenvalue weighted by molar-refractivity contribution is 0.161. The van der Waals surface area contributed by atoms with Crippen molar-refractivity contribution in [3.63, 3.8) is 0 Å². The van der Waals surface area contributed by atoms with Crippen LogP contribution < -0.4 is 4.72 Å². The van der Waals surface area contributed by atoms with Gasteiger partial charge >= 0.3 is 0 Å². The molecule has 1 aromatic heterocycles. The fourth-order valence-corrected chi connectivity index (χ4v) is 4.68. The van der Waals surface area contributed by atoms with Gasteiger partial charge in [-0.2, -0.15) is 0 Å². The van der Waals surface area contributed by atoms with Gasteiger partial charge in [-0.1, -0.05) is 6.92 Å². The molecule has 1 heterocycles. The summed E-state index contributed by atoms with van der Waals surface area (Å²) in [6.45, 7) is 2.84. The van der Waals surface area contributed by atoms with Gasteiger partial charge in [-0.15, -0.1) is 11.3 Å². The molecule has 0 bridgehead atoms. The minimum absolute atomic E-state index is 0.151. The normalized spacial score (nSPS) is 13.9. The van der Waals surface area contributed by atoms with E-state index in [0.29, 0.717) is 21.8 Å². The molecule has 0 radical (unpaired) electrons. The van der Waals surface area contributed by atoms with Gasteiger partial charge in [0.2, 0.25) is 0 Å². The molecule has 92 valence electrons. The number of rotatable bonds is 6. The molecule has 16 heavy (non-hydrogen) atoms. The summed E-state index contributed by atoms with van der Waals surface area (Å²) in [7, 11) is -1.80. The summed E-state index contributed by atoms with van der Waals surface area (Å²) >= 11 is 4.40. The van der Waals surface area contributed by atoms with E-state index in [4.69, 9.17) is 4.74 Å². The van der Waals surface area contributed by atoms with Gasteiger partial charge in [0.25, 0.3) is 10.0 Å². The molecule has 0 saturated heterocycles. The maximum absolute atomic E-state index is 11.9. The van der Waals surface area contributed by atoms with Gasteiger partial charge in [0.05, 0.1) is 0 Å². The predicted octanol–water partition coefficient (Wildman–Crippen LogP) is 2.07. The molecule has 1 N–H and O–H groups in total. The number of hydrogen-bond donors (Lipinski definition) is 1. The molecule has 0 aliphatic carbocycles. The Hall–Kier alpha value is 0.0500. The highest BCUT2D eigenvalue weighted by atomic mass is 79.9. The van der Waals surface area contributed by atoms with E-state index in [1.807, 2.05) is 6.92 Å². The zero-order chi connectivity index (χ0) is 12.2. The number of halogens is 1. The molecule has 1 rings (SSSR count). The summed E-state index contributed by atoms with van der Waals surface area (Å²) in [5.74, 6) is 0.151. The third-order valence-corrected chi connectivity index (χ3v) is 6.00. The summed E-state index contributed by atoms with van der Waals surface area (Å²) < 4.78 is 32.1. The van der Waals surface area contributed by atoms with E-state index in [-0.39, 0.29) is 5.92 Å². The Morgan fingerprint density at radius 2 is 2.31 bits per heavy atom. The number of thiophene rings is 1. The molecule has 0 aromatic carbocycles. The Balaban J connectivity index is 2.63. The van der Waals surface area contributed by atoms with E-state index in [2.05, 4.69) is 20.7 Å². The summed E-state index contributed by atoms with van der Waals surface area (Å²) in [5, 5.41) is 1.73. The molecule has 7 heteroatoms. The molecular weight excluding hydrogens is 314 g/mol. The minimum atomic E-state index is -3.39. The second-order valence-corrected chi connectivity index (χ2v) is 7.20. The molecule has 1 atom stereocenters. The highest BCUT2D eigenvalue weighted by Crippen LogP contribution is 2.27. The predicted molar refractivity (Wildman–Crippen MR) is 68.2 cm³/mol. The number of ether oxygens (including phenoxy) is 1. The largest absolute Gasteiger partial charge is 0.384 e. The van der Waals surface area contributed by atoms with Gasteiger partial charge in [-0.05, 0) is 33.3 Å². The van der Waals surface area contributed by atoms with Gasteiger partial charge in [-0.3, -0.25) is 0 Å². The van der Waals surface area contributed by atoms with Gasteiger partial charge < -0.3 is 4.74 Å². The summed E-state index contributed by atoms with van der Waals surface area (Å²) in [5.41, 5.74) is 0. The van der Waals surface area contributed by atoms with Crippen LogP contribution in [0.5, 0.6) is 0 Å². The molecule has 0 spiro atoms. The first kappa shape index (κ1) is 14.1. The first-order chi connectivity index (χ1) is 7.47. The molecule has 4 nitrogen and oxygen atoms in total. The van der Waals surface area contributed by atoms with Crippen LogP contribution in [0, 0.1) is 5.92 Å². The molecule has 1 unspecified atom stereocenters. The molecule has 0 amide bonds. The maximum atomic E-state index is 11.9. The Bertz CT molecular complexity index is 430. The van der Waals surface area contributed by atoms with Crippen LogP contribution in [-0.4, -0.2) is 28.7 Å². The van der Waals surface area contributed by atoms with Gasteiger partial charge in [0.1, 0.15) is 4.21 Å². The lowest BCUT2D eigenvalue weighted by atomic mass is 10.2. The molecule has 1 aromatic rings. The van der Waals surface area contributed by atoms with E-state index >= 15 is 0 Å². The fraction of sp³-hybridized carbons (Fsp3) is 0.556. The Morgan fingerprint density at radius 3 is 2.81 bits per heavy atom. The van der Waals surface area contributed by atoms with Crippen LogP contribution in [0.15, 0.2) is 20.1 Å². The zero-order valence-electron chi connectivity index (χ0n) is 9.07. The number of hydrogen-bond acceptors (Lipinski definition) is 4. The molecule has 0 saturated carbocycles. The van der Waals surface area contributed by atoms with Crippen LogP contribution in [-0.2, 0) is 14.8 Å². The van der Waals surface area contributed by atoms with Crippen molar-refractivity contribution in [3.05, 3.63) is 15.9 Å². The molecule has 0 fully saturated rings. The van der Waals surface area contributed by atoms with Crippen LogP contribution in [0.3, 0.4) is 0 Å². The van der Waals surface area contributed by atoms with E-state index in [9.17, 15) is 8.42 Å². The summed E-state index contributed by atoms with van der Waals surface area (Å²) in [6.07, 6.45) is 0. The second-order valence-electron chi connectivity index (χ2n) is 3.47. The maximum Gasteiger partial charge on any atom is 0.251 e. The Labute approximate surface area is 108 Å². The lowest BCUT2D eigenvalue weighted by Crippen LogP contribution is -2.29. The zero-order valence-corrected chi connectivity index (χ0v) is 12.3. The topological polar surface area (TPSA) is 55.4 Å². The first-order valence-corrected chi connectivity index (χ1v) is 7.84. The third kappa shape index (κ3) is 3.81. The number of nitrogens with one attached hydrogen (secondary N) is 1. The Kier molecular flexibility index (Phi) is 5.39. The average molecular weight is 328 g/mol. The standard InChI is InChI=1S/C9H14BrNO3S2/c1-7(6-14-2)5-11-16(12,13)9-8(10)3-4-15-9/h3-4,7,11H,5-6H2,1-2H3. The number of methoxy groups -OCH3 is 1. The van der Waals surface area contributed by atoms with Crippen molar-refractivity contribution >= 4 is 37.3 Å². The average Bonchev–Trinajstić information content (AvgIpc) is 2.63. The van der Waals surface area contributed by atoms with Crippen LogP contribution in [0.25, 0.3) is 0 Å². The number of sulfonamides is 1. The Morgan fingerprint density at radius 1 is 1.62 bits per heavy atom.